The molecule has 0 amide bonds. The maximum absolute atomic E-state index is 10.1. The Labute approximate surface area is 79.2 Å². The lowest BCUT2D eigenvalue weighted by Gasteiger charge is -2.04. The zero-order valence-corrected chi connectivity index (χ0v) is 9.61. The average molecular weight is 257 g/mol. The number of halogens is 1. The van der Waals surface area contributed by atoms with Gasteiger partial charge >= 0.3 is 13.4 Å². The first-order valence-corrected chi connectivity index (χ1v) is 8.64. The van der Waals surface area contributed by atoms with Crippen LogP contribution in [0.5, 0.6) is 0 Å². The molecule has 0 aromatic carbocycles. The maximum Gasteiger partial charge on any atom is 0.331 e. The highest BCUT2D eigenvalue weighted by molar-refractivity contribution is 8.85. The van der Waals surface area contributed by atoms with Crippen LogP contribution in [0, 0.1) is 0 Å². The zero-order chi connectivity index (χ0) is 10.4. The van der Waals surface area contributed by atoms with Crippen molar-refractivity contribution < 1.29 is 18.9 Å². The van der Waals surface area contributed by atoms with Gasteiger partial charge in [0, 0.05) is 5.88 Å². The van der Waals surface area contributed by atoms with E-state index in [0.29, 0.717) is 0 Å². The predicted octanol–water partition coefficient (Wildman–Crippen LogP) is 1.08. The minimum Gasteiger partial charge on any atom is -0.325 e. The van der Waals surface area contributed by atoms with Crippen LogP contribution < -0.4 is 11.0 Å². The van der Waals surface area contributed by atoms with Gasteiger partial charge in [-0.2, -0.15) is 0 Å². The number of nitrogens with two attached hydrogens (primary N) is 2. The highest BCUT2D eigenvalue weighted by Crippen LogP contribution is 2.66. The summed E-state index contributed by atoms with van der Waals surface area (Å²) in [6.07, 6.45) is 0. The second-order valence-corrected chi connectivity index (χ2v) is 9.53. The number of hydrogen-bond acceptors (Lipinski definition) is 3. The molecule has 0 heterocycles. The third-order valence-electron chi connectivity index (χ3n) is 0.234. The van der Waals surface area contributed by atoms with Crippen LogP contribution in [0.25, 0.3) is 0 Å². The van der Waals surface area contributed by atoms with Crippen LogP contribution in [0.2, 0.25) is 0 Å². The fraction of sp³-hybridized carbons (Fsp3) is 1.00. The number of rotatable bonds is 2. The van der Waals surface area contributed by atoms with E-state index < -0.39 is 13.4 Å². The summed E-state index contributed by atoms with van der Waals surface area (Å²) in [4.78, 5) is 16.5. The number of hydrogen-bond donors (Lipinski definition) is 4. The summed E-state index contributed by atoms with van der Waals surface area (Å²) in [6, 6.07) is 0. The molecule has 76 valence electrons. The zero-order valence-electron chi connectivity index (χ0n) is 6.25. The van der Waals surface area contributed by atoms with Crippen molar-refractivity contribution in [2.24, 2.45) is 11.0 Å². The minimum absolute atomic E-state index is 0.208. The molecule has 10 heteroatoms. The normalized spacial score (nSPS) is 19.8. The van der Waals surface area contributed by atoms with Gasteiger partial charge in [-0.15, -0.1) is 11.6 Å². The van der Waals surface area contributed by atoms with Crippen molar-refractivity contribution in [1.29, 1.82) is 0 Å². The molecule has 0 aromatic rings. The molecule has 0 spiro atoms. The SMILES string of the molecule is CCCl.NP(=O)(O)SP(N)(=O)O. The van der Waals surface area contributed by atoms with Crippen molar-refractivity contribution in [1.82, 2.24) is 0 Å². The summed E-state index contributed by atoms with van der Waals surface area (Å²) >= 11 is 4.79. The van der Waals surface area contributed by atoms with Crippen molar-refractivity contribution in [3.8, 4) is 0 Å². The summed E-state index contributed by atoms with van der Waals surface area (Å²) in [5.41, 5.74) is 8.97. The van der Waals surface area contributed by atoms with Gasteiger partial charge in [0.05, 0.1) is 11.0 Å². The molecule has 6 N–H and O–H groups in total. The molecule has 0 rings (SSSR count). The molecule has 2 unspecified atom stereocenters. The Morgan fingerprint density at radius 1 is 1.33 bits per heavy atom. The van der Waals surface area contributed by atoms with Gasteiger partial charge in [-0.3, -0.25) is 20.1 Å². The lowest BCUT2D eigenvalue weighted by atomic mass is 11.0. The van der Waals surface area contributed by atoms with Gasteiger partial charge < -0.3 is 9.79 Å². The summed E-state index contributed by atoms with van der Waals surface area (Å²) in [7, 11) is 0. The molecule has 0 aliphatic carbocycles. The predicted molar refractivity (Wildman–Crippen MR) is 52.0 cm³/mol. The van der Waals surface area contributed by atoms with Crippen LogP contribution in [0.3, 0.4) is 0 Å². The largest absolute Gasteiger partial charge is 0.331 e. The first kappa shape index (κ1) is 15.4. The summed E-state index contributed by atoms with van der Waals surface area (Å²) in [5.74, 6) is 0.722. The van der Waals surface area contributed by atoms with Crippen LogP contribution in [-0.2, 0) is 9.13 Å². The lowest BCUT2D eigenvalue weighted by Crippen LogP contribution is -1.92. The summed E-state index contributed by atoms with van der Waals surface area (Å²) in [5, 5.41) is 0. The molecule has 12 heavy (non-hydrogen) atoms. The van der Waals surface area contributed by atoms with Crippen molar-refractivity contribution >= 4 is 36.0 Å². The number of alkyl halides is 1. The first-order valence-electron chi connectivity index (χ1n) is 2.62. The van der Waals surface area contributed by atoms with E-state index in [-0.39, 0.29) is 11.0 Å². The Bertz CT molecular complexity index is 181. The van der Waals surface area contributed by atoms with Crippen LogP contribution in [-0.4, -0.2) is 15.7 Å². The van der Waals surface area contributed by atoms with Crippen LogP contribution >= 0.6 is 36.0 Å². The maximum atomic E-state index is 10.1. The van der Waals surface area contributed by atoms with Crippen LogP contribution in [0.1, 0.15) is 6.92 Å². The van der Waals surface area contributed by atoms with Gasteiger partial charge in [0.25, 0.3) is 0 Å². The third kappa shape index (κ3) is 22.4. The van der Waals surface area contributed by atoms with E-state index in [1.54, 1.807) is 0 Å². The first-order chi connectivity index (χ1) is 5.12. The van der Waals surface area contributed by atoms with Crippen molar-refractivity contribution in [3.63, 3.8) is 0 Å². The Morgan fingerprint density at radius 3 is 1.50 bits per heavy atom. The highest BCUT2D eigenvalue weighted by Gasteiger charge is 2.24. The van der Waals surface area contributed by atoms with Crippen molar-refractivity contribution in [3.05, 3.63) is 0 Å². The summed E-state index contributed by atoms with van der Waals surface area (Å²) in [6.45, 7) is -6.13. The quantitative estimate of drug-likeness (QED) is 0.430. The molecule has 0 bridgehead atoms. The fourth-order valence-electron chi connectivity index (χ4n) is 0.168. The molecular weight excluding hydrogens is 246 g/mol. The molecule has 0 saturated carbocycles. The van der Waals surface area contributed by atoms with E-state index in [1.165, 1.54) is 0 Å². The van der Waals surface area contributed by atoms with Gasteiger partial charge in [-0.25, -0.2) is 0 Å². The second kappa shape index (κ2) is 6.40. The van der Waals surface area contributed by atoms with E-state index in [1.807, 2.05) is 6.92 Å². The van der Waals surface area contributed by atoms with Crippen molar-refractivity contribution in [2.45, 2.75) is 6.92 Å². The molecule has 0 saturated heterocycles. The minimum atomic E-state index is -4.01. The lowest BCUT2D eigenvalue weighted by molar-refractivity contribution is 0.495. The molecule has 0 radical (unpaired) electrons. The Kier molecular flexibility index (Phi) is 8.22. The topological polar surface area (TPSA) is 127 Å². The molecule has 0 fully saturated rings. The second-order valence-electron chi connectivity index (χ2n) is 1.48. The van der Waals surface area contributed by atoms with Gasteiger partial charge in [0.2, 0.25) is 0 Å². The standard InChI is InChI=1S/C2H5Cl.H6N2O4P2S/c1-2-3;1-7(3,4)9-8(2,5)6/h2H2,1H3;(H3,1,3,4)(H3,2,5,6). The van der Waals surface area contributed by atoms with E-state index in [2.05, 4.69) is 11.0 Å². The van der Waals surface area contributed by atoms with Gasteiger partial charge in [0.1, 0.15) is 0 Å². The van der Waals surface area contributed by atoms with E-state index >= 15 is 0 Å². The average Bonchev–Trinajstić information content (AvgIpc) is 1.53. The van der Waals surface area contributed by atoms with Gasteiger partial charge in [-0.1, -0.05) is 6.92 Å². The summed E-state index contributed by atoms with van der Waals surface area (Å²) < 4.78 is 20.2. The fourth-order valence-corrected chi connectivity index (χ4v) is 4.53. The van der Waals surface area contributed by atoms with Crippen LogP contribution in [0.4, 0.5) is 0 Å². The van der Waals surface area contributed by atoms with Gasteiger partial charge in [-0.05, 0) is 0 Å². The molecular formula is C2H11ClN2O4P2S. The molecule has 0 aliphatic heterocycles. The van der Waals surface area contributed by atoms with E-state index in [4.69, 9.17) is 21.4 Å². The molecule has 6 nitrogen and oxygen atoms in total. The van der Waals surface area contributed by atoms with Crippen molar-refractivity contribution in [2.75, 3.05) is 5.88 Å². The monoisotopic (exact) mass is 256 g/mol. The van der Waals surface area contributed by atoms with Crippen LogP contribution in [0.15, 0.2) is 0 Å². The van der Waals surface area contributed by atoms with Gasteiger partial charge in [0.15, 0.2) is 0 Å². The van der Waals surface area contributed by atoms with E-state index in [0.717, 1.165) is 5.88 Å². The molecule has 0 aliphatic rings. The smallest absolute Gasteiger partial charge is 0.325 e. The highest BCUT2D eigenvalue weighted by atomic mass is 35.5. The molecule has 0 aromatic heterocycles. The Morgan fingerprint density at radius 2 is 1.50 bits per heavy atom. The molecule has 2 atom stereocenters. The van der Waals surface area contributed by atoms with E-state index in [9.17, 15) is 9.13 Å². The third-order valence-corrected chi connectivity index (χ3v) is 6.32. The Balaban J connectivity index is 0. The Hall–Kier alpha value is 0.940.